The molecule has 0 aliphatic carbocycles. The highest BCUT2D eigenvalue weighted by Crippen LogP contribution is 2.30. The molecule has 2 atom stereocenters. The maximum Gasteiger partial charge on any atom is 0.416 e. The molecule has 0 bridgehead atoms. The molecule has 2 rings (SSSR count). The van der Waals surface area contributed by atoms with Crippen LogP contribution >= 0.6 is 0 Å². The first-order valence-electron chi connectivity index (χ1n) is 7.36. The first kappa shape index (κ1) is 17.3. The zero-order valence-corrected chi connectivity index (χ0v) is 12.6. The summed E-state index contributed by atoms with van der Waals surface area (Å²) in [6.07, 6.45) is -3.80. The lowest BCUT2D eigenvalue weighted by Crippen LogP contribution is -2.34. The molecule has 1 aromatic carbocycles. The van der Waals surface area contributed by atoms with E-state index in [-0.39, 0.29) is 18.9 Å². The average Bonchev–Trinajstić information content (AvgIpc) is 2.95. The number of nitrogens with zero attached hydrogens (tertiary/aromatic N) is 1. The average molecular weight is 329 g/mol. The van der Waals surface area contributed by atoms with Gasteiger partial charge in [0.15, 0.2) is 0 Å². The summed E-state index contributed by atoms with van der Waals surface area (Å²) in [4.78, 5) is 24.7. The van der Waals surface area contributed by atoms with Crippen molar-refractivity contribution in [2.24, 2.45) is 11.8 Å². The number of carbonyl (C=O) groups excluding carboxylic acids is 1. The number of likely N-dealkylation sites (tertiary alicyclic amines) is 1. The molecule has 0 spiro atoms. The Bertz CT molecular complexity index is 600. The van der Waals surface area contributed by atoms with E-state index in [2.05, 4.69) is 0 Å². The van der Waals surface area contributed by atoms with Gasteiger partial charge >= 0.3 is 12.1 Å². The van der Waals surface area contributed by atoms with Gasteiger partial charge in [-0.1, -0.05) is 25.1 Å². The fourth-order valence-corrected chi connectivity index (χ4v) is 2.79. The molecule has 0 aromatic heterocycles. The number of alkyl halides is 3. The molecule has 4 nitrogen and oxygen atoms in total. The Hall–Kier alpha value is -2.05. The Balaban J connectivity index is 2.00. The van der Waals surface area contributed by atoms with Crippen molar-refractivity contribution in [2.45, 2.75) is 25.9 Å². The predicted octanol–water partition coefficient (Wildman–Crippen LogP) is 2.82. The number of carbonyl (C=O) groups is 2. The summed E-state index contributed by atoms with van der Waals surface area (Å²) in [5.74, 6) is -2.19. The molecule has 1 N–H and O–H groups in total. The van der Waals surface area contributed by atoms with Gasteiger partial charge < -0.3 is 10.0 Å². The second-order valence-corrected chi connectivity index (χ2v) is 5.91. The maximum absolute atomic E-state index is 12.7. The molecule has 1 amide bonds. The Kier molecular flexibility index (Phi) is 4.97. The summed E-state index contributed by atoms with van der Waals surface area (Å²) >= 11 is 0. The van der Waals surface area contributed by atoms with E-state index in [1.165, 1.54) is 11.0 Å². The van der Waals surface area contributed by atoms with E-state index in [9.17, 15) is 22.8 Å². The fraction of sp³-hybridized carbons (Fsp3) is 0.500. The van der Waals surface area contributed by atoms with Crippen LogP contribution in [0.2, 0.25) is 0 Å². The molecule has 126 valence electrons. The Morgan fingerprint density at radius 2 is 2.09 bits per heavy atom. The van der Waals surface area contributed by atoms with Crippen LogP contribution in [0.4, 0.5) is 13.2 Å². The van der Waals surface area contributed by atoms with Crippen molar-refractivity contribution in [2.75, 3.05) is 13.1 Å². The number of halogens is 3. The molecule has 0 saturated carbocycles. The third-order valence-electron chi connectivity index (χ3n) is 4.07. The van der Waals surface area contributed by atoms with E-state index in [0.717, 1.165) is 12.1 Å². The molecular formula is C16H18F3NO3. The second-order valence-electron chi connectivity index (χ2n) is 5.91. The van der Waals surface area contributed by atoms with Gasteiger partial charge in [-0.2, -0.15) is 13.2 Å². The SMILES string of the molecule is CC(Cc1cccc(C(F)(F)F)c1)C(=O)N1CCC(C(=O)O)C1. The lowest BCUT2D eigenvalue weighted by Gasteiger charge is -2.21. The lowest BCUT2D eigenvalue weighted by molar-refractivity contribution is -0.141. The zero-order valence-electron chi connectivity index (χ0n) is 12.6. The molecule has 7 heteroatoms. The van der Waals surface area contributed by atoms with Gasteiger partial charge in [0.05, 0.1) is 11.5 Å². The van der Waals surface area contributed by atoms with Crippen molar-refractivity contribution in [1.82, 2.24) is 4.90 Å². The van der Waals surface area contributed by atoms with Crippen molar-refractivity contribution in [1.29, 1.82) is 0 Å². The quantitative estimate of drug-likeness (QED) is 0.924. The Morgan fingerprint density at radius 3 is 2.65 bits per heavy atom. The van der Waals surface area contributed by atoms with E-state index < -0.39 is 29.5 Å². The number of hydrogen-bond acceptors (Lipinski definition) is 2. The minimum atomic E-state index is -4.41. The summed E-state index contributed by atoms with van der Waals surface area (Å²) < 4.78 is 38.1. The number of hydrogen-bond donors (Lipinski definition) is 1. The number of rotatable bonds is 4. The summed E-state index contributed by atoms with van der Waals surface area (Å²) in [5.41, 5.74) is -0.295. The molecule has 1 aromatic rings. The van der Waals surface area contributed by atoms with Crippen molar-refractivity contribution in [3.05, 3.63) is 35.4 Å². The normalized spacial score (nSPS) is 19.7. The monoisotopic (exact) mass is 329 g/mol. The van der Waals surface area contributed by atoms with Crippen LogP contribution in [0.3, 0.4) is 0 Å². The molecule has 1 saturated heterocycles. The number of amides is 1. The number of benzene rings is 1. The van der Waals surface area contributed by atoms with Gasteiger partial charge in [-0.15, -0.1) is 0 Å². The maximum atomic E-state index is 12.7. The van der Waals surface area contributed by atoms with Crippen LogP contribution in [-0.4, -0.2) is 35.0 Å². The Morgan fingerprint density at radius 1 is 1.39 bits per heavy atom. The third-order valence-corrected chi connectivity index (χ3v) is 4.07. The summed E-state index contributed by atoms with van der Waals surface area (Å²) in [5, 5.41) is 8.95. The smallest absolute Gasteiger partial charge is 0.416 e. The molecule has 23 heavy (non-hydrogen) atoms. The van der Waals surface area contributed by atoms with Gasteiger partial charge in [0.25, 0.3) is 0 Å². The van der Waals surface area contributed by atoms with Gasteiger partial charge in [-0.3, -0.25) is 9.59 Å². The van der Waals surface area contributed by atoms with Crippen molar-refractivity contribution < 1.29 is 27.9 Å². The standard InChI is InChI=1S/C16H18F3NO3/c1-10(14(21)20-6-5-12(9-20)15(22)23)7-11-3-2-4-13(8-11)16(17,18)19/h2-4,8,10,12H,5-7,9H2,1H3,(H,22,23). The van der Waals surface area contributed by atoms with E-state index in [1.54, 1.807) is 13.0 Å². The van der Waals surface area contributed by atoms with Crippen LogP contribution in [0.1, 0.15) is 24.5 Å². The minimum Gasteiger partial charge on any atom is -0.481 e. The third kappa shape index (κ3) is 4.24. The molecule has 1 aliphatic rings. The fourth-order valence-electron chi connectivity index (χ4n) is 2.79. The summed E-state index contributed by atoms with van der Waals surface area (Å²) in [7, 11) is 0. The largest absolute Gasteiger partial charge is 0.481 e. The lowest BCUT2D eigenvalue weighted by atomic mass is 9.98. The zero-order chi connectivity index (χ0) is 17.2. The molecule has 1 heterocycles. The summed E-state index contributed by atoms with van der Waals surface area (Å²) in [6.45, 7) is 2.19. The highest BCUT2D eigenvalue weighted by molar-refractivity contribution is 5.80. The summed E-state index contributed by atoms with van der Waals surface area (Å²) in [6, 6.07) is 4.93. The van der Waals surface area contributed by atoms with Crippen LogP contribution in [0, 0.1) is 11.8 Å². The van der Waals surface area contributed by atoms with Crippen LogP contribution in [0.5, 0.6) is 0 Å². The van der Waals surface area contributed by atoms with E-state index >= 15 is 0 Å². The highest BCUT2D eigenvalue weighted by Gasteiger charge is 2.33. The van der Waals surface area contributed by atoms with Crippen molar-refractivity contribution in [3.8, 4) is 0 Å². The van der Waals surface area contributed by atoms with Crippen molar-refractivity contribution in [3.63, 3.8) is 0 Å². The first-order valence-corrected chi connectivity index (χ1v) is 7.36. The Labute approximate surface area is 131 Å². The number of aliphatic carboxylic acids is 1. The van der Waals surface area contributed by atoms with Gasteiger partial charge in [-0.05, 0) is 24.5 Å². The molecule has 2 unspecified atom stereocenters. The number of carboxylic acids is 1. The van der Waals surface area contributed by atoms with Crippen LogP contribution in [0.15, 0.2) is 24.3 Å². The molecule has 1 aliphatic heterocycles. The molecular weight excluding hydrogens is 311 g/mol. The highest BCUT2D eigenvalue weighted by atomic mass is 19.4. The number of carboxylic acid groups (broad SMARTS) is 1. The second kappa shape index (κ2) is 6.60. The van der Waals surface area contributed by atoms with Gasteiger partial charge in [0.1, 0.15) is 0 Å². The predicted molar refractivity (Wildman–Crippen MR) is 76.6 cm³/mol. The van der Waals surface area contributed by atoms with Crippen LogP contribution in [-0.2, 0) is 22.2 Å². The van der Waals surface area contributed by atoms with E-state index in [4.69, 9.17) is 5.11 Å². The van der Waals surface area contributed by atoms with Gasteiger partial charge in [0.2, 0.25) is 5.91 Å². The van der Waals surface area contributed by atoms with Gasteiger partial charge in [0, 0.05) is 19.0 Å². The first-order chi connectivity index (χ1) is 10.7. The van der Waals surface area contributed by atoms with Gasteiger partial charge in [-0.25, -0.2) is 0 Å². The van der Waals surface area contributed by atoms with E-state index in [0.29, 0.717) is 18.5 Å². The minimum absolute atomic E-state index is 0.168. The van der Waals surface area contributed by atoms with Crippen LogP contribution < -0.4 is 0 Å². The molecule has 1 fully saturated rings. The molecule has 0 radical (unpaired) electrons. The van der Waals surface area contributed by atoms with Crippen molar-refractivity contribution >= 4 is 11.9 Å². The van der Waals surface area contributed by atoms with E-state index in [1.807, 2.05) is 0 Å². The van der Waals surface area contributed by atoms with Crippen LogP contribution in [0.25, 0.3) is 0 Å². The topological polar surface area (TPSA) is 57.6 Å².